The second-order valence-corrected chi connectivity index (χ2v) is 4.42. The van der Waals surface area contributed by atoms with E-state index in [0.29, 0.717) is 0 Å². The number of ketones is 1. The highest BCUT2D eigenvalue weighted by molar-refractivity contribution is 5.90. The van der Waals surface area contributed by atoms with Crippen LogP contribution in [0.2, 0.25) is 0 Å². The molecule has 3 atom stereocenters. The van der Waals surface area contributed by atoms with Crippen LogP contribution in [0.1, 0.15) is 25.7 Å². The zero-order chi connectivity index (χ0) is 15.9. The predicted octanol–water partition coefficient (Wildman–Crippen LogP) is -1.36. The first-order valence-corrected chi connectivity index (χ1v) is 5.86. The summed E-state index contributed by atoms with van der Waals surface area (Å²) in [4.78, 5) is 43.6. The van der Waals surface area contributed by atoms with Crippen molar-refractivity contribution < 1.29 is 34.5 Å². The maximum Gasteiger partial charge on any atom is 0.320 e. The minimum Gasteiger partial charge on any atom is -0.481 e. The van der Waals surface area contributed by atoms with Gasteiger partial charge in [0.05, 0.1) is 12.5 Å². The Hall–Kier alpha value is -2.00. The molecule has 0 aromatic carbocycles. The lowest BCUT2D eigenvalue weighted by atomic mass is 9.88. The molecule has 0 radical (unpaired) electrons. The van der Waals surface area contributed by atoms with Crippen LogP contribution in [0.25, 0.3) is 0 Å². The topological polar surface area (TPSA) is 181 Å². The maximum atomic E-state index is 11.9. The molecular weight excluding hydrogens is 272 g/mol. The van der Waals surface area contributed by atoms with Gasteiger partial charge in [0.1, 0.15) is 6.04 Å². The first-order chi connectivity index (χ1) is 9.15. The van der Waals surface area contributed by atoms with Crippen LogP contribution in [0.5, 0.6) is 0 Å². The molecule has 0 saturated carbocycles. The number of hydrogen-bond acceptors (Lipinski definition) is 6. The monoisotopic (exact) mass is 290 g/mol. The standard InChI is InChI=1S/C11H18N2O7/c12-6(1-2-8(14)15)10(18)5(4-9(16)17)3-7(13)11(19)20/h5-7H,1-4,12-13H2,(H,14,15)(H,16,17)(H,19,20)/t5?,6-,7+/m0/s1. The lowest BCUT2D eigenvalue weighted by Gasteiger charge is -2.19. The Morgan fingerprint density at radius 2 is 1.45 bits per heavy atom. The summed E-state index contributed by atoms with van der Waals surface area (Å²) in [6.07, 6.45) is -1.44. The largest absolute Gasteiger partial charge is 0.481 e. The summed E-state index contributed by atoms with van der Waals surface area (Å²) in [5, 5.41) is 25.9. The zero-order valence-corrected chi connectivity index (χ0v) is 10.7. The van der Waals surface area contributed by atoms with Gasteiger partial charge < -0.3 is 26.8 Å². The molecule has 9 heteroatoms. The third-order valence-electron chi connectivity index (χ3n) is 2.71. The number of carbonyl (C=O) groups excluding carboxylic acids is 1. The molecule has 9 nitrogen and oxygen atoms in total. The van der Waals surface area contributed by atoms with Gasteiger partial charge in [0.25, 0.3) is 0 Å². The lowest BCUT2D eigenvalue weighted by molar-refractivity contribution is -0.143. The molecule has 114 valence electrons. The van der Waals surface area contributed by atoms with Crippen LogP contribution in [0.15, 0.2) is 0 Å². The van der Waals surface area contributed by atoms with Gasteiger partial charge in [0.2, 0.25) is 0 Å². The van der Waals surface area contributed by atoms with E-state index in [2.05, 4.69) is 0 Å². The molecular formula is C11H18N2O7. The Kier molecular flexibility index (Phi) is 7.40. The quantitative estimate of drug-likeness (QED) is 0.324. The van der Waals surface area contributed by atoms with Crippen molar-refractivity contribution in [3.05, 3.63) is 0 Å². The highest BCUT2D eigenvalue weighted by Gasteiger charge is 2.30. The van der Waals surface area contributed by atoms with Crippen molar-refractivity contribution in [2.24, 2.45) is 17.4 Å². The molecule has 0 spiro atoms. The molecule has 0 rings (SSSR count). The Morgan fingerprint density at radius 1 is 0.900 bits per heavy atom. The van der Waals surface area contributed by atoms with Crippen LogP contribution >= 0.6 is 0 Å². The second kappa shape index (κ2) is 8.23. The van der Waals surface area contributed by atoms with Crippen LogP contribution in [0.4, 0.5) is 0 Å². The van der Waals surface area contributed by atoms with E-state index in [9.17, 15) is 19.2 Å². The maximum absolute atomic E-state index is 11.9. The number of carbonyl (C=O) groups is 4. The summed E-state index contributed by atoms with van der Waals surface area (Å²) >= 11 is 0. The number of carboxylic acids is 3. The average Bonchev–Trinajstić information content (AvgIpc) is 2.33. The van der Waals surface area contributed by atoms with Crippen LogP contribution < -0.4 is 11.5 Å². The summed E-state index contributed by atoms with van der Waals surface area (Å²) in [6, 6.07) is -2.54. The molecule has 0 aromatic rings. The lowest BCUT2D eigenvalue weighted by Crippen LogP contribution is -2.41. The van der Waals surface area contributed by atoms with E-state index < -0.39 is 48.1 Å². The SMILES string of the molecule is N[C@H](CC(CC(=O)O)C(=O)[C@@H](N)CCC(=O)O)C(=O)O. The van der Waals surface area contributed by atoms with Crippen LogP contribution in [0, 0.1) is 5.92 Å². The molecule has 20 heavy (non-hydrogen) atoms. The third-order valence-corrected chi connectivity index (χ3v) is 2.71. The number of carboxylic acid groups (broad SMARTS) is 3. The normalized spacial score (nSPS) is 15.1. The third kappa shape index (κ3) is 6.81. The summed E-state index contributed by atoms with van der Waals surface area (Å²) in [6.45, 7) is 0. The van der Waals surface area contributed by atoms with Gasteiger partial charge >= 0.3 is 17.9 Å². The minimum absolute atomic E-state index is 0.146. The zero-order valence-electron chi connectivity index (χ0n) is 10.7. The highest BCUT2D eigenvalue weighted by Crippen LogP contribution is 2.16. The van der Waals surface area contributed by atoms with Crippen molar-refractivity contribution in [3.8, 4) is 0 Å². The van der Waals surface area contributed by atoms with E-state index in [-0.39, 0.29) is 19.3 Å². The Bertz CT molecular complexity index is 396. The van der Waals surface area contributed by atoms with Crippen molar-refractivity contribution in [3.63, 3.8) is 0 Å². The number of aliphatic carboxylic acids is 3. The fourth-order valence-electron chi connectivity index (χ4n) is 1.64. The van der Waals surface area contributed by atoms with Crippen LogP contribution in [0.3, 0.4) is 0 Å². The molecule has 0 heterocycles. The van der Waals surface area contributed by atoms with Gasteiger partial charge in [-0.15, -0.1) is 0 Å². The molecule has 7 N–H and O–H groups in total. The number of hydrogen-bond donors (Lipinski definition) is 5. The molecule has 1 unspecified atom stereocenters. The Balaban J connectivity index is 4.74. The van der Waals surface area contributed by atoms with Gasteiger partial charge in [-0.25, -0.2) is 0 Å². The number of Topliss-reactive ketones (excluding diaryl/α,β-unsaturated/α-hetero) is 1. The number of nitrogens with two attached hydrogens (primary N) is 2. The molecule has 0 aliphatic carbocycles. The van der Waals surface area contributed by atoms with Crippen LogP contribution in [-0.4, -0.2) is 51.1 Å². The summed E-state index contributed by atoms with van der Waals surface area (Å²) in [5.41, 5.74) is 10.8. The average molecular weight is 290 g/mol. The predicted molar refractivity (Wildman–Crippen MR) is 65.8 cm³/mol. The van der Waals surface area contributed by atoms with Crippen LogP contribution in [-0.2, 0) is 19.2 Å². The first kappa shape index (κ1) is 18.0. The fourth-order valence-corrected chi connectivity index (χ4v) is 1.64. The van der Waals surface area contributed by atoms with E-state index in [0.717, 1.165) is 0 Å². The molecule has 0 aliphatic rings. The molecule has 0 fully saturated rings. The van der Waals surface area contributed by atoms with Gasteiger partial charge in [-0.2, -0.15) is 0 Å². The van der Waals surface area contributed by atoms with E-state index in [1.54, 1.807) is 0 Å². The highest BCUT2D eigenvalue weighted by atomic mass is 16.4. The molecule has 0 aliphatic heterocycles. The number of rotatable bonds is 10. The van der Waals surface area contributed by atoms with Crippen molar-refractivity contribution in [2.75, 3.05) is 0 Å². The van der Waals surface area contributed by atoms with Gasteiger partial charge in [-0.1, -0.05) is 0 Å². The van der Waals surface area contributed by atoms with E-state index in [1.807, 2.05) is 0 Å². The smallest absolute Gasteiger partial charge is 0.320 e. The Labute approximate surface area is 114 Å². The van der Waals surface area contributed by atoms with Gasteiger partial charge in [-0.3, -0.25) is 19.2 Å². The fraction of sp³-hybridized carbons (Fsp3) is 0.636. The molecule has 0 aromatic heterocycles. The summed E-state index contributed by atoms with van der Waals surface area (Å²) in [7, 11) is 0. The summed E-state index contributed by atoms with van der Waals surface area (Å²) < 4.78 is 0. The molecule has 0 bridgehead atoms. The Morgan fingerprint density at radius 3 is 1.85 bits per heavy atom. The molecule has 0 amide bonds. The van der Waals surface area contributed by atoms with Gasteiger partial charge in [-0.05, 0) is 12.8 Å². The van der Waals surface area contributed by atoms with E-state index in [1.165, 1.54) is 0 Å². The summed E-state index contributed by atoms with van der Waals surface area (Å²) in [5.74, 6) is -5.61. The first-order valence-electron chi connectivity index (χ1n) is 5.86. The van der Waals surface area contributed by atoms with Crippen molar-refractivity contribution in [2.45, 2.75) is 37.8 Å². The minimum atomic E-state index is -1.38. The second-order valence-electron chi connectivity index (χ2n) is 4.42. The molecule has 0 saturated heterocycles. The van der Waals surface area contributed by atoms with E-state index >= 15 is 0 Å². The van der Waals surface area contributed by atoms with Gasteiger partial charge in [0, 0.05) is 12.3 Å². The van der Waals surface area contributed by atoms with Crippen molar-refractivity contribution in [1.82, 2.24) is 0 Å². The van der Waals surface area contributed by atoms with Crippen molar-refractivity contribution in [1.29, 1.82) is 0 Å². The van der Waals surface area contributed by atoms with Gasteiger partial charge in [0.15, 0.2) is 5.78 Å². The van der Waals surface area contributed by atoms with E-state index in [4.69, 9.17) is 26.8 Å². The van der Waals surface area contributed by atoms with Crippen molar-refractivity contribution >= 4 is 23.7 Å².